The minimum absolute atomic E-state index is 0.0506. The molecule has 108 valence electrons. The smallest absolute Gasteiger partial charge is 0.306 e. The van der Waals surface area contributed by atoms with Gasteiger partial charge < -0.3 is 10.1 Å². The largest absolute Gasteiger partial charge is 0.456 e. The van der Waals surface area contributed by atoms with E-state index in [0.717, 1.165) is 12.1 Å². The summed E-state index contributed by atoms with van der Waals surface area (Å²) in [5, 5.41) is 12.8. The molecule has 0 aromatic heterocycles. The molecule has 1 aromatic rings. The van der Waals surface area contributed by atoms with Gasteiger partial charge in [-0.3, -0.25) is 19.7 Å². The summed E-state index contributed by atoms with van der Waals surface area (Å²) in [7, 11) is 0. The lowest BCUT2D eigenvalue weighted by molar-refractivity contribution is -0.387. The number of nitro groups is 1. The van der Waals surface area contributed by atoms with Crippen LogP contribution in [0.2, 0.25) is 0 Å². The molecule has 0 radical (unpaired) electrons. The highest BCUT2D eigenvalue weighted by Crippen LogP contribution is 2.21. The number of carbonyl (C=O) groups excluding carboxylic acids is 2. The summed E-state index contributed by atoms with van der Waals surface area (Å²) in [6.45, 7) is 1.29. The Morgan fingerprint density at radius 2 is 2.15 bits per heavy atom. The lowest BCUT2D eigenvalue weighted by Crippen LogP contribution is -2.20. The van der Waals surface area contributed by atoms with E-state index in [1.165, 1.54) is 6.07 Å². The summed E-state index contributed by atoms with van der Waals surface area (Å²) in [4.78, 5) is 32.1. The van der Waals surface area contributed by atoms with Crippen LogP contribution in [0.3, 0.4) is 0 Å². The average molecular weight is 284 g/mol. The third kappa shape index (κ3) is 4.63. The fourth-order valence-corrected chi connectivity index (χ4v) is 1.35. The molecule has 20 heavy (non-hydrogen) atoms. The van der Waals surface area contributed by atoms with Crippen molar-refractivity contribution >= 4 is 23.3 Å². The van der Waals surface area contributed by atoms with E-state index in [1.807, 2.05) is 0 Å². The molecule has 0 heterocycles. The van der Waals surface area contributed by atoms with E-state index in [2.05, 4.69) is 10.1 Å². The number of halogens is 1. The molecule has 1 rings (SSSR count). The van der Waals surface area contributed by atoms with E-state index in [9.17, 15) is 24.1 Å². The number of hydrogen-bond donors (Lipinski definition) is 1. The van der Waals surface area contributed by atoms with Crippen LogP contribution in [0.5, 0.6) is 0 Å². The Balaban J connectivity index is 2.60. The van der Waals surface area contributed by atoms with Crippen molar-refractivity contribution in [2.24, 2.45) is 0 Å². The molecule has 0 spiro atoms. The molecule has 1 amide bonds. The molecule has 0 unspecified atom stereocenters. The Kier molecular flexibility index (Phi) is 5.57. The van der Waals surface area contributed by atoms with Gasteiger partial charge >= 0.3 is 11.7 Å². The summed E-state index contributed by atoms with van der Waals surface area (Å²) in [5.41, 5.74) is -0.694. The molecule has 0 saturated carbocycles. The van der Waals surface area contributed by atoms with E-state index in [0.29, 0.717) is 6.42 Å². The van der Waals surface area contributed by atoms with Crippen LogP contribution in [0.1, 0.15) is 19.8 Å². The molecule has 0 aliphatic heterocycles. The van der Waals surface area contributed by atoms with E-state index >= 15 is 0 Å². The second-order valence-corrected chi connectivity index (χ2v) is 3.88. The van der Waals surface area contributed by atoms with Crippen molar-refractivity contribution in [3.63, 3.8) is 0 Å². The number of benzene rings is 1. The number of anilines is 1. The Morgan fingerprint density at radius 1 is 1.45 bits per heavy atom. The first-order valence-corrected chi connectivity index (χ1v) is 5.83. The Labute approximate surface area is 113 Å². The molecule has 1 N–H and O–H groups in total. The maximum absolute atomic E-state index is 13.1. The highest BCUT2D eigenvalue weighted by Gasteiger charge is 2.15. The molecular weight excluding hydrogens is 271 g/mol. The van der Waals surface area contributed by atoms with Crippen molar-refractivity contribution in [2.45, 2.75) is 19.8 Å². The summed E-state index contributed by atoms with van der Waals surface area (Å²) in [5.74, 6) is -2.16. The van der Waals surface area contributed by atoms with Crippen LogP contribution >= 0.6 is 0 Å². The van der Waals surface area contributed by atoms with Crippen molar-refractivity contribution in [1.29, 1.82) is 0 Å². The van der Waals surface area contributed by atoms with E-state index in [1.54, 1.807) is 6.92 Å². The average Bonchev–Trinajstić information content (AvgIpc) is 2.39. The van der Waals surface area contributed by atoms with Crippen molar-refractivity contribution in [3.8, 4) is 0 Å². The number of rotatable bonds is 6. The Bertz CT molecular complexity index is 533. The molecule has 0 aliphatic carbocycles. The highest BCUT2D eigenvalue weighted by molar-refractivity contribution is 5.93. The van der Waals surface area contributed by atoms with Gasteiger partial charge in [-0.05, 0) is 18.6 Å². The zero-order valence-corrected chi connectivity index (χ0v) is 10.7. The number of nitrogens with one attached hydrogen (secondary N) is 1. The second-order valence-electron chi connectivity index (χ2n) is 3.88. The Morgan fingerprint density at radius 3 is 2.75 bits per heavy atom. The van der Waals surface area contributed by atoms with Gasteiger partial charge in [-0.15, -0.1) is 0 Å². The number of ether oxygens (including phenoxy) is 1. The van der Waals surface area contributed by atoms with Crippen LogP contribution in [0, 0.1) is 15.9 Å². The van der Waals surface area contributed by atoms with Crippen LogP contribution < -0.4 is 5.32 Å². The van der Waals surface area contributed by atoms with Crippen LogP contribution in [-0.4, -0.2) is 23.4 Å². The minimum atomic E-state index is -0.998. The SMILES string of the molecule is CCCC(=O)OCC(=O)Nc1ccc(F)c([N+](=O)[O-])c1. The van der Waals surface area contributed by atoms with Crippen LogP contribution in [-0.2, 0) is 14.3 Å². The lowest BCUT2D eigenvalue weighted by Gasteiger charge is -2.06. The standard InChI is InChI=1S/C12H13FN2O5/c1-2-3-12(17)20-7-11(16)14-8-4-5-9(13)10(6-8)15(18)19/h4-6H,2-3,7H2,1H3,(H,14,16). The van der Waals surface area contributed by atoms with E-state index in [4.69, 9.17) is 0 Å². The summed E-state index contributed by atoms with van der Waals surface area (Å²) >= 11 is 0. The van der Waals surface area contributed by atoms with Gasteiger partial charge in [0, 0.05) is 18.2 Å². The lowest BCUT2D eigenvalue weighted by atomic mass is 10.2. The minimum Gasteiger partial charge on any atom is -0.456 e. The quantitative estimate of drug-likeness (QED) is 0.489. The number of amides is 1. The predicted octanol–water partition coefficient (Wildman–Crippen LogP) is 2.02. The van der Waals surface area contributed by atoms with Gasteiger partial charge in [0.1, 0.15) is 0 Å². The van der Waals surface area contributed by atoms with Gasteiger partial charge in [0.25, 0.3) is 5.91 Å². The Hall–Kier alpha value is -2.51. The molecule has 0 saturated heterocycles. The number of nitro benzene ring substituents is 1. The summed E-state index contributed by atoms with van der Waals surface area (Å²) in [6, 6.07) is 2.94. The van der Waals surface area contributed by atoms with Crippen molar-refractivity contribution in [2.75, 3.05) is 11.9 Å². The van der Waals surface area contributed by atoms with Crippen LogP contribution in [0.4, 0.5) is 15.8 Å². The zero-order valence-electron chi connectivity index (χ0n) is 10.7. The third-order valence-electron chi connectivity index (χ3n) is 2.24. The van der Waals surface area contributed by atoms with Gasteiger partial charge in [-0.1, -0.05) is 6.92 Å². The van der Waals surface area contributed by atoms with Gasteiger partial charge in [-0.2, -0.15) is 4.39 Å². The first kappa shape index (κ1) is 15.5. The normalized spacial score (nSPS) is 9.90. The van der Waals surface area contributed by atoms with Crippen molar-refractivity contribution in [3.05, 3.63) is 34.1 Å². The number of esters is 1. The molecule has 0 bridgehead atoms. The first-order valence-electron chi connectivity index (χ1n) is 5.83. The third-order valence-corrected chi connectivity index (χ3v) is 2.24. The monoisotopic (exact) mass is 284 g/mol. The fraction of sp³-hybridized carbons (Fsp3) is 0.333. The molecule has 1 aromatic carbocycles. The molecule has 0 atom stereocenters. The topological polar surface area (TPSA) is 98.5 Å². The van der Waals surface area contributed by atoms with E-state index in [-0.39, 0.29) is 12.1 Å². The van der Waals surface area contributed by atoms with E-state index < -0.39 is 34.9 Å². The van der Waals surface area contributed by atoms with Crippen molar-refractivity contribution in [1.82, 2.24) is 0 Å². The predicted molar refractivity (Wildman–Crippen MR) is 67.6 cm³/mol. The number of hydrogen-bond acceptors (Lipinski definition) is 5. The van der Waals surface area contributed by atoms with Gasteiger partial charge in [-0.25, -0.2) is 0 Å². The zero-order chi connectivity index (χ0) is 15.1. The first-order chi connectivity index (χ1) is 9.43. The fourth-order valence-electron chi connectivity index (χ4n) is 1.35. The summed E-state index contributed by atoms with van der Waals surface area (Å²) < 4.78 is 17.7. The van der Waals surface area contributed by atoms with Gasteiger partial charge in [0.15, 0.2) is 6.61 Å². The van der Waals surface area contributed by atoms with Crippen molar-refractivity contribution < 1.29 is 23.6 Å². The number of carbonyl (C=O) groups is 2. The maximum Gasteiger partial charge on any atom is 0.306 e. The van der Waals surface area contributed by atoms with Gasteiger partial charge in [0.2, 0.25) is 5.82 Å². The molecular formula is C12H13FN2O5. The molecule has 7 nitrogen and oxygen atoms in total. The maximum atomic E-state index is 13.1. The highest BCUT2D eigenvalue weighted by atomic mass is 19.1. The second kappa shape index (κ2) is 7.17. The molecule has 8 heteroatoms. The van der Waals surface area contributed by atoms with Crippen LogP contribution in [0.15, 0.2) is 18.2 Å². The van der Waals surface area contributed by atoms with Crippen LogP contribution in [0.25, 0.3) is 0 Å². The number of nitrogens with zero attached hydrogens (tertiary/aromatic N) is 1. The van der Waals surface area contributed by atoms with Gasteiger partial charge in [0.05, 0.1) is 4.92 Å². The molecule has 0 aliphatic rings. The molecule has 0 fully saturated rings. The summed E-state index contributed by atoms with van der Waals surface area (Å²) in [6.07, 6.45) is 0.805.